The van der Waals surface area contributed by atoms with Crippen molar-refractivity contribution in [1.82, 2.24) is 4.90 Å². The summed E-state index contributed by atoms with van der Waals surface area (Å²) in [6, 6.07) is 8.53. The normalized spacial score (nSPS) is 21.8. The molecule has 0 N–H and O–H groups in total. The summed E-state index contributed by atoms with van der Waals surface area (Å²) >= 11 is 0. The fourth-order valence-electron chi connectivity index (χ4n) is 3.58. The molecular formula is C18H19N3O4. The summed E-state index contributed by atoms with van der Waals surface area (Å²) < 4.78 is 5.07. The van der Waals surface area contributed by atoms with Crippen LogP contribution in [0.1, 0.15) is 37.0 Å². The van der Waals surface area contributed by atoms with Crippen LogP contribution in [0.4, 0.5) is 5.69 Å². The van der Waals surface area contributed by atoms with Crippen LogP contribution in [0.15, 0.2) is 24.3 Å². The topological polar surface area (TPSA) is 90.7 Å². The Morgan fingerprint density at radius 1 is 1.36 bits per heavy atom. The molecule has 2 aliphatic rings. The fourth-order valence-corrected chi connectivity index (χ4v) is 3.58. The lowest BCUT2D eigenvalue weighted by molar-refractivity contribution is -0.156. The average molecular weight is 341 g/mol. The highest BCUT2D eigenvalue weighted by molar-refractivity contribution is 6.15. The molecule has 130 valence electrons. The second-order valence-electron chi connectivity index (χ2n) is 6.61. The minimum atomic E-state index is -1.51. The number of esters is 1. The number of amides is 2. The van der Waals surface area contributed by atoms with E-state index in [-0.39, 0.29) is 30.6 Å². The average Bonchev–Trinajstić information content (AvgIpc) is 2.95. The number of anilines is 1. The molecule has 0 saturated carbocycles. The van der Waals surface area contributed by atoms with Crippen LogP contribution < -0.4 is 4.90 Å². The van der Waals surface area contributed by atoms with Crippen molar-refractivity contribution < 1.29 is 19.1 Å². The maximum atomic E-state index is 13.1. The van der Waals surface area contributed by atoms with E-state index in [1.807, 2.05) is 13.8 Å². The lowest BCUT2D eigenvalue weighted by Crippen LogP contribution is -2.69. The molecule has 2 aliphatic heterocycles. The molecule has 3 rings (SSSR count). The Hall–Kier alpha value is -2.88. The van der Waals surface area contributed by atoms with Gasteiger partial charge in [0.25, 0.3) is 5.91 Å². The number of fused-ring (bicyclic) bond motifs is 3. The lowest BCUT2D eigenvalue weighted by Gasteiger charge is -2.48. The van der Waals surface area contributed by atoms with Crippen molar-refractivity contribution >= 4 is 23.5 Å². The first-order valence-corrected chi connectivity index (χ1v) is 8.21. The van der Waals surface area contributed by atoms with Crippen LogP contribution in [-0.4, -0.2) is 41.5 Å². The molecule has 1 aromatic carbocycles. The minimum Gasteiger partial charge on any atom is -0.447 e. The molecule has 1 fully saturated rings. The van der Waals surface area contributed by atoms with Gasteiger partial charge in [0.15, 0.2) is 6.61 Å². The predicted octanol–water partition coefficient (Wildman–Crippen LogP) is 1.69. The Kier molecular flexibility index (Phi) is 4.21. The maximum Gasteiger partial charge on any atom is 0.354 e. The summed E-state index contributed by atoms with van der Waals surface area (Å²) in [7, 11) is 0. The number of para-hydroxylation sites is 1. The number of nitrogens with zero attached hydrogens (tertiary/aromatic N) is 3. The SMILES string of the molecule is CC(C)CN1C(=O)c2ccccc2N2C(=O)CC[C@@]12C(=O)OCC#N. The zero-order chi connectivity index (χ0) is 18.2. The maximum absolute atomic E-state index is 13.1. The molecule has 0 bridgehead atoms. The number of rotatable bonds is 4. The molecule has 0 unspecified atom stereocenters. The van der Waals surface area contributed by atoms with Crippen LogP contribution in [0.3, 0.4) is 0 Å². The number of hydrogen-bond donors (Lipinski definition) is 0. The quantitative estimate of drug-likeness (QED) is 0.777. The van der Waals surface area contributed by atoms with Gasteiger partial charge in [-0.15, -0.1) is 0 Å². The molecule has 7 nitrogen and oxygen atoms in total. The lowest BCUT2D eigenvalue weighted by atomic mass is 9.95. The van der Waals surface area contributed by atoms with E-state index in [0.717, 1.165) is 0 Å². The molecule has 2 heterocycles. The van der Waals surface area contributed by atoms with E-state index in [1.165, 1.54) is 9.80 Å². The van der Waals surface area contributed by atoms with E-state index in [1.54, 1.807) is 30.3 Å². The highest BCUT2D eigenvalue weighted by atomic mass is 16.5. The molecule has 2 amide bonds. The van der Waals surface area contributed by atoms with Crippen LogP contribution in [0.25, 0.3) is 0 Å². The van der Waals surface area contributed by atoms with E-state index in [0.29, 0.717) is 17.8 Å². The standard InChI is InChI=1S/C18H19N3O4/c1-12(2)11-20-16(23)13-5-3-4-6-14(13)21-15(22)7-8-18(20,21)17(24)25-10-9-19/h3-6,12H,7-8,10-11H2,1-2H3/t18-/m1/s1. The molecular weight excluding hydrogens is 322 g/mol. The Morgan fingerprint density at radius 3 is 2.76 bits per heavy atom. The van der Waals surface area contributed by atoms with Crippen LogP contribution in [0, 0.1) is 17.2 Å². The van der Waals surface area contributed by atoms with Gasteiger partial charge in [-0.05, 0) is 18.1 Å². The first-order valence-electron chi connectivity index (χ1n) is 8.21. The zero-order valence-electron chi connectivity index (χ0n) is 14.2. The third kappa shape index (κ3) is 2.45. The van der Waals surface area contributed by atoms with E-state index in [2.05, 4.69) is 0 Å². The van der Waals surface area contributed by atoms with Gasteiger partial charge in [0.2, 0.25) is 11.6 Å². The van der Waals surface area contributed by atoms with Gasteiger partial charge < -0.3 is 9.64 Å². The molecule has 0 aromatic heterocycles. The second-order valence-corrected chi connectivity index (χ2v) is 6.61. The summed E-state index contributed by atoms with van der Waals surface area (Å²) in [6.45, 7) is 3.75. The van der Waals surface area contributed by atoms with Gasteiger partial charge in [-0.25, -0.2) is 4.79 Å². The molecule has 0 aliphatic carbocycles. The first kappa shape index (κ1) is 17.0. The van der Waals surface area contributed by atoms with Gasteiger partial charge in [0.05, 0.1) is 11.3 Å². The molecule has 1 saturated heterocycles. The number of benzene rings is 1. The zero-order valence-corrected chi connectivity index (χ0v) is 14.2. The summed E-state index contributed by atoms with van der Waals surface area (Å²) in [5.41, 5.74) is -0.699. The third-order valence-corrected chi connectivity index (χ3v) is 4.52. The van der Waals surface area contributed by atoms with Gasteiger partial charge in [0, 0.05) is 19.4 Å². The van der Waals surface area contributed by atoms with E-state index < -0.39 is 18.2 Å². The summed E-state index contributed by atoms with van der Waals surface area (Å²) in [4.78, 5) is 41.4. The first-order chi connectivity index (χ1) is 11.9. The number of hydrogen-bond acceptors (Lipinski definition) is 5. The summed E-state index contributed by atoms with van der Waals surface area (Å²) in [5.74, 6) is -1.18. The molecule has 7 heteroatoms. The largest absolute Gasteiger partial charge is 0.447 e. The number of nitriles is 1. The van der Waals surface area contributed by atoms with Gasteiger partial charge in [-0.1, -0.05) is 26.0 Å². The van der Waals surface area contributed by atoms with Crippen molar-refractivity contribution in [3.05, 3.63) is 29.8 Å². The highest BCUT2D eigenvalue weighted by Gasteiger charge is 2.61. The predicted molar refractivity (Wildman–Crippen MR) is 88.3 cm³/mol. The van der Waals surface area contributed by atoms with Crippen molar-refractivity contribution in [3.63, 3.8) is 0 Å². The Morgan fingerprint density at radius 2 is 2.08 bits per heavy atom. The highest BCUT2D eigenvalue weighted by Crippen LogP contribution is 2.45. The smallest absolute Gasteiger partial charge is 0.354 e. The summed E-state index contributed by atoms with van der Waals surface area (Å²) in [5, 5.41) is 8.74. The van der Waals surface area contributed by atoms with E-state index >= 15 is 0 Å². The van der Waals surface area contributed by atoms with Gasteiger partial charge in [0.1, 0.15) is 6.07 Å². The third-order valence-electron chi connectivity index (χ3n) is 4.52. The van der Waals surface area contributed by atoms with Crippen LogP contribution >= 0.6 is 0 Å². The van der Waals surface area contributed by atoms with Gasteiger partial charge in [-0.2, -0.15) is 5.26 Å². The van der Waals surface area contributed by atoms with E-state index in [9.17, 15) is 14.4 Å². The Bertz CT molecular complexity index is 783. The number of carbonyl (C=O) groups is 3. The molecule has 0 radical (unpaired) electrons. The van der Waals surface area contributed by atoms with Crippen LogP contribution in [0.5, 0.6) is 0 Å². The van der Waals surface area contributed by atoms with Crippen molar-refractivity contribution in [3.8, 4) is 6.07 Å². The van der Waals surface area contributed by atoms with Crippen LogP contribution in [0.2, 0.25) is 0 Å². The molecule has 25 heavy (non-hydrogen) atoms. The van der Waals surface area contributed by atoms with Crippen molar-refractivity contribution in [2.75, 3.05) is 18.1 Å². The minimum absolute atomic E-state index is 0.0902. The Balaban J connectivity index is 2.19. The van der Waals surface area contributed by atoms with Crippen molar-refractivity contribution in [2.24, 2.45) is 5.92 Å². The Labute approximate surface area is 145 Å². The van der Waals surface area contributed by atoms with Crippen molar-refractivity contribution in [2.45, 2.75) is 32.4 Å². The monoisotopic (exact) mass is 341 g/mol. The van der Waals surface area contributed by atoms with Crippen molar-refractivity contribution in [1.29, 1.82) is 5.26 Å². The number of carbonyl (C=O) groups excluding carboxylic acids is 3. The van der Waals surface area contributed by atoms with Gasteiger partial charge in [-0.3, -0.25) is 14.5 Å². The molecule has 1 aromatic rings. The van der Waals surface area contributed by atoms with Gasteiger partial charge >= 0.3 is 5.97 Å². The fraction of sp³-hybridized carbons (Fsp3) is 0.444. The van der Waals surface area contributed by atoms with Crippen LogP contribution in [-0.2, 0) is 14.3 Å². The molecule has 1 atom stereocenters. The number of ether oxygens (including phenoxy) is 1. The molecule has 0 spiro atoms. The second kappa shape index (κ2) is 6.20. The summed E-state index contributed by atoms with van der Waals surface area (Å²) in [6.07, 6.45) is 0.292. The van der Waals surface area contributed by atoms with E-state index in [4.69, 9.17) is 10.00 Å².